The van der Waals surface area contributed by atoms with E-state index in [4.69, 9.17) is 9.47 Å². The Morgan fingerprint density at radius 2 is 1.61 bits per heavy atom. The van der Waals surface area contributed by atoms with Gasteiger partial charge in [-0.1, -0.05) is 13.8 Å². The molecule has 0 heterocycles. The molecule has 18 heavy (non-hydrogen) atoms. The van der Waals surface area contributed by atoms with Crippen molar-refractivity contribution < 1.29 is 27.8 Å². The van der Waals surface area contributed by atoms with Crippen molar-refractivity contribution in [3.8, 4) is 0 Å². The van der Waals surface area contributed by atoms with E-state index in [0.717, 1.165) is 0 Å². The van der Waals surface area contributed by atoms with Gasteiger partial charge in [-0.2, -0.15) is 0 Å². The first-order valence-electron chi connectivity index (χ1n) is 6.13. The van der Waals surface area contributed by atoms with Crippen LogP contribution in [0.1, 0.15) is 33.1 Å². The second kappa shape index (κ2) is 6.11. The first-order chi connectivity index (χ1) is 8.50. The zero-order valence-corrected chi connectivity index (χ0v) is 10.6. The molecule has 104 valence electrons. The summed E-state index contributed by atoms with van der Waals surface area (Å²) in [5.74, 6) is -3.03. The Hall–Kier alpha value is -1.20. The van der Waals surface area contributed by atoms with Crippen molar-refractivity contribution in [2.24, 2.45) is 11.3 Å². The minimum atomic E-state index is -2.71. The van der Waals surface area contributed by atoms with Crippen LogP contribution in [-0.2, 0) is 19.1 Å². The molecule has 0 aromatic carbocycles. The molecule has 0 unspecified atom stereocenters. The highest BCUT2D eigenvalue weighted by Crippen LogP contribution is 2.57. The Kier molecular flexibility index (Phi) is 5.04. The van der Waals surface area contributed by atoms with E-state index in [1.807, 2.05) is 0 Å². The van der Waals surface area contributed by atoms with Crippen LogP contribution in [0.15, 0.2) is 0 Å². The van der Waals surface area contributed by atoms with Crippen LogP contribution in [0.5, 0.6) is 0 Å². The Bertz CT molecular complexity index is 297. The van der Waals surface area contributed by atoms with Crippen LogP contribution < -0.4 is 0 Å². The van der Waals surface area contributed by atoms with Crippen LogP contribution in [0.3, 0.4) is 0 Å². The summed E-state index contributed by atoms with van der Waals surface area (Å²) in [7, 11) is 0. The van der Waals surface area contributed by atoms with Gasteiger partial charge < -0.3 is 9.47 Å². The highest BCUT2D eigenvalue weighted by molar-refractivity contribution is 6.04. The number of carbonyl (C=O) groups excluding carboxylic acids is 2. The zero-order chi connectivity index (χ0) is 13.8. The molecule has 1 aliphatic carbocycles. The Morgan fingerprint density at radius 1 is 1.17 bits per heavy atom. The van der Waals surface area contributed by atoms with E-state index in [-0.39, 0.29) is 19.6 Å². The molecule has 0 aromatic heterocycles. The summed E-state index contributed by atoms with van der Waals surface area (Å²) < 4.78 is 35.0. The predicted molar refractivity (Wildman–Crippen MR) is 59.0 cm³/mol. The molecule has 1 aliphatic rings. The average molecular weight is 264 g/mol. The lowest BCUT2D eigenvalue weighted by molar-refractivity contribution is -0.167. The normalized spacial score (nSPS) is 20.6. The molecule has 0 N–H and O–H groups in total. The largest absolute Gasteiger partial charge is 0.465 e. The zero-order valence-electron chi connectivity index (χ0n) is 10.6. The quantitative estimate of drug-likeness (QED) is 0.522. The molecule has 0 saturated heterocycles. The van der Waals surface area contributed by atoms with Gasteiger partial charge in [0.25, 0.3) is 0 Å². The number of rotatable bonds is 7. The van der Waals surface area contributed by atoms with E-state index in [0.29, 0.717) is 12.8 Å². The minimum Gasteiger partial charge on any atom is -0.465 e. The second-order valence-electron chi connectivity index (χ2n) is 4.39. The first-order valence-corrected chi connectivity index (χ1v) is 6.13. The van der Waals surface area contributed by atoms with Gasteiger partial charge in [-0.3, -0.25) is 9.59 Å². The minimum absolute atomic E-state index is 0.123. The van der Waals surface area contributed by atoms with Crippen molar-refractivity contribution in [1.29, 1.82) is 0 Å². The fourth-order valence-electron chi connectivity index (χ4n) is 1.79. The summed E-state index contributed by atoms with van der Waals surface area (Å²) in [6.45, 7) is 3.81. The van der Waals surface area contributed by atoms with Crippen molar-refractivity contribution in [3.05, 3.63) is 0 Å². The second-order valence-corrected chi connectivity index (χ2v) is 4.39. The Balaban J connectivity index is 2.72. The molecule has 1 atom stereocenters. The summed E-state index contributed by atoms with van der Waals surface area (Å²) >= 11 is 0. The van der Waals surface area contributed by atoms with E-state index in [2.05, 4.69) is 0 Å². The van der Waals surface area contributed by atoms with Gasteiger partial charge in [-0.15, -0.1) is 0 Å². The maximum absolute atomic E-state index is 12.7. The van der Waals surface area contributed by atoms with Crippen molar-refractivity contribution in [1.82, 2.24) is 0 Å². The molecule has 4 nitrogen and oxygen atoms in total. The first kappa shape index (κ1) is 14.9. The van der Waals surface area contributed by atoms with Crippen molar-refractivity contribution >= 4 is 11.9 Å². The third-order valence-corrected chi connectivity index (χ3v) is 2.92. The number of carbonyl (C=O) groups is 2. The van der Waals surface area contributed by atoms with Gasteiger partial charge in [0.2, 0.25) is 6.43 Å². The third-order valence-electron chi connectivity index (χ3n) is 2.92. The number of hydrogen-bond acceptors (Lipinski definition) is 4. The van der Waals surface area contributed by atoms with Crippen LogP contribution in [-0.4, -0.2) is 31.6 Å². The summed E-state index contributed by atoms with van der Waals surface area (Å²) in [5.41, 5.74) is -1.77. The van der Waals surface area contributed by atoms with Crippen molar-refractivity contribution in [3.63, 3.8) is 0 Å². The van der Waals surface area contributed by atoms with Crippen LogP contribution in [0.25, 0.3) is 0 Å². The number of hydrogen-bond donors (Lipinski definition) is 0. The van der Waals surface area contributed by atoms with Gasteiger partial charge in [-0.25, -0.2) is 8.78 Å². The lowest BCUT2D eigenvalue weighted by atomic mass is 10.0. The molecule has 1 rings (SSSR count). The molecule has 1 fully saturated rings. The van der Waals surface area contributed by atoms with E-state index in [1.165, 1.54) is 0 Å². The van der Waals surface area contributed by atoms with E-state index in [9.17, 15) is 18.4 Å². The number of esters is 2. The van der Waals surface area contributed by atoms with Gasteiger partial charge in [0, 0.05) is 5.92 Å². The van der Waals surface area contributed by atoms with Gasteiger partial charge in [0.05, 0.1) is 13.2 Å². The Labute approximate surface area is 105 Å². The standard InChI is InChI=1S/C12H18F2O4/c1-3-5-17-10(15)12(7-8(12)9(13)14)11(16)18-6-4-2/h8-9H,3-7H2,1-2H3/t8-/m1/s1. The van der Waals surface area contributed by atoms with Crippen LogP contribution in [0, 0.1) is 11.3 Å². The molecule has 0 aromatic rings. The fourth-order valence-corrected chi connectivity index (χ4v) is 1.79. The molecular formula is C12H18F2O4. The SMILES string of the molecule is CCCOC(=O)C1(C(=O)OCCC)C[C@@H]1C(F)F. The fraction of sp³-hybridized carbons (Fsp3) is 0.833. The predicted octanol–water partition coefficient (Wildman–Crippen LogP) is 2.16. The van der Waals surface area contributed by atoms with Gasteiger partial charge in [-0.05, 0) is 19.3 Å². The molecule has 0 bridgehead atoms. The molecule has 6 heteroatoms. The summed E-state index contributed by atoms with van der Waals surface area (Å²) in [6.07, 6.45) is -1.75. The molecule has 0 amide bonds. The summed E-state index contributed by atoms with van der Waals surface area (Å²) in [6, 6.07) is 0. The van der Waals surface area contributed by atoms with Crippen LogP contribution in [0.2, 0.25) is 0 Å². The smallest absolute Gasteiger partial charge is 0.324 e. The number of ether oxygens (including phenoxy) is 2. The molecule has 0 radical (unpaired) electrons. The highest BCUT2D eigenvalue weighted by atomic mass is 19.3. The lowest BCUT2D eigenvalue weighted by Crippen LogP contribution is -2.33. The van der Waals surface area contributed by atoms with Crippen molar-refractivity contribution in [2.45, 2.75) is 39.5 Å². The maximum Gasteiger partial charge on any atom is 0.324 e. The maximum atomic E-state index is 12.7. The summed E-state index contributed by atoms with van der Waals surface area (Å²) in [4.78, 5) is 23.5. The van der Waals surface area contributed by atoms with E-state index in [1.54, 1.807) is 13.8 Å². The van der Waals surface area contributed by atoms with Crippen LogP contribution >= 0.6 is 0 Å². The number of alkyl halides is 2. The molecular weight excluding hydrogens is 246 g/mol. The molecule has 0 aliphatic heterocycles. The number of halogens is 2. The summed E-state index contributed by atoms with van der Waals surface area (Å²) in [5, 5.41) is 0. The lowest BCUT2D eigenvalue weighted by Gasteiger charge is -2.15. The molecule has 0 spiro atoms. The van der Waals surface area contributed by atoms with E-state index >= 15 is 0 Å². The van der Waals surface area contributed by atoms with Gasteiger partial charge >= 0.3 is 11.9 Å². The Morgan fingerprint density at radius 3 is 1.89 bits per heavy atom. The van der Waals surface area contributed by atoms with Crippen LogP contribution in [0.4, 0.5) is 8.78 Å². The highest BCUT2D eigenvalue weighted by Gasteiger charge is 2.71. The van der Waals surface area contributed by atoms with Crippen molar-refractivity contribution in [2.75, 3.05) is 13.2 Å². The third kappa shape index (κ3) is 2.79. The van der Waals surface area contributed by atoms with E-state index < -0.39 is 29.7 Å². The topological polar surface area (TPSA) is 52.6 Å². The van der Waals surface area contributed by atoms with Gasteiger partial charge in [0.1, 0.15) is 0 Å². The monoisotopic (exact) mass is 264 g/mol. The molecule has 1 saturated carbocycles. The average Bonchev–Trinajstić information content (AvgIpc) is 3.09. The van der Waals surface area contributed by atoms with Gasteiger partial charge in [0.15, 0.2) is 5.41 Å².